The highest BCUT2D eigenvalue weighted by molar-refractivity contribution is 5.25. The summed E-state index contributed by atoms with van der Waals surface area (Å²) in [6.45, 7) is 10.8. The molecule has 108 valence electrons. The highest BCUT2D eigenvalue weighted by Gasteiger charge is 2.05. The fraction of sp³-hybridized carbons (Fsp3) is 0.786. The van der Waals surface area contributed by atoms with E-state index in [1.165, 1.54) is 0 Å². The first-order chi connectivity index (χ1) is 9.17. The number of rotatable bonds is 9. The molecule has 0 fully saturated rings. The van der Waals surface area contributed by atoms with E-state index in [-0.39, 0.29) is 0 Å². The van der Waals surface area contributed by atoms with Gasteiger partial charge in [0, 0.05) is 13.2 Å². The molecule has 0 amide bonds. The number of anilines is 1. The number of hydrogen-bond acceptors (Lipinski definition) is 5. The van der Waals surface area contributed by atoms with Crippen molar-refractivity contribution in [1.82, 2.24) is 15.2 Å². The molecule has 0 unspecified atom stereocenters. The van der Waals surface area contributed by atoms with Crippen LogP contribution in [0.1, 0.15) is 45.5 Å². The molecular weight excluding hydrogens is 240 g/mol. The van der Waals surface area contributed by atoms with Gasteiger partial charge < -0.3 is 10.1 Å². The molecule has 0 aromatic carbocycles. The van der Waals surface area contributed by atoms with Crippen LogP contribution >= 0.6 is 0 Å². The van der Waals surface area contributed by atoms with E-state index < -0.39 is 0 Å². The molecule has 0 aliphatic carbocycles. The number of nitrogens with zero attached hydrogens (tertiary/aromatic N) is 3. The fourth-order valence-electron chi connectivity index (χ4n) is 1.67. The quantitative estimate of drug-likeness (QED) is 0.696. The van der Waals surface area contributed by atoms with Crippen LogP contribution in [0.5, 0.6) is 0 Å². The molecule has 1 N–H and O–H groups in total. The van der Waals surface area contributed by atoms with Gasteiger partial charge in [-0.2, -0.15) is 5.10 Å². The van der Waals surface area contributed by atoms with Gasteiger partial charge in [0.25, 0.3) is 0 Å². The molecule has 1 aromatic heterocycles. The van der Waals surface area contributed by atoms with Crippen molar-refractivity contribution in [2.75, 3.05) is 25.1 Å². The van der Waals surface area contributed by atoms with Crippen molar-refractivity contribution in [1.29, 1.82) is 0 Å². The first-order valence-corrected chi connectivity index (χ1v) is 7.21. The average Bonchev–Trinajstić information content (AvgIpc) is 2.42. The second-order valence-electron chi connectivity index (χ2n) is 4.96. The maximum atomic E-state index is 5.53. The Bertz CT molecular complexity index is 368. The van der Waals surface area contributed by atoms with Crippen molar-refractivity contribution >= 4 is 5.95 Å². The van der Waals surface area contributed by atoms with Gasteiger partial charge in [-0.05, 0) is 25.2 Å². The van der Waals surface area contributed by atoms with Gasteiger partial charge in [-0.15, -0.1) is 5.10 Å². The smallest absolute Gasteiger partial charge is 0.243 e. The van der Waals surface area contributed by atoms with Crippen LogP contribution in [0.4, 0.5) is 5.95 Å². The Kier molecular flexibility index (Phi) is 7.33. The second-order valence-corrected chi connectivity index (χ2v) is 4.96. The second kappa shape index (κ2) is 8.80. The van der Waals surface area contributed by atoms with Gasteiger partial charge >= 0.3 is 0 Å². The standard InChI is InChI=1S/C14H26N4O/c1-5-12-13(6-2)17-18-14(16-12)15-8-10-19-9-7-11(3)4/h11H,5-10H2,1-4H3,(H,15,16,18). The molecule has 1 rings (SSSR count). The number of nitrogens with one attached hydrogen (secondary N) is 1. The zero-order valence-corrected chi connectivity index (χ0v) is 12.6. The summed E-state index contributed by atoms with van der Waals surface area (Å²) >= 11 is 0. The zero-order chi connectivity index (χ0) is 14.1. The lowest BCUT2D eigenvalue weighted by molar-refractivity contribution is 0.132. The summed E-state index contributed by atoms with van der Waals surface area (Å²) in [4.78, 5) is 4.47. The highest BCUT2D eigenvalue weighted by Crippen LogP contribution is 2.06. The van der Waals surface area contributed by atoms with E-state index in [0.717, 1.165) is 37.3 Å². The predicted molar refractivity (Wildman–Crippen MR) is 77.3 cm³/mol. The van der Waals surface area contributed by atoms with Crippen LogP contribution in [-0.4, -0.2) is 34.9 Å². The third-order valence-corrected chi connectivity index (χ3v) is 2.88. The molecule has 1 aromatic rings. The number of aromatic nitrogens is 3. The molecule has 1 heterocycles. The maximum absolute atomic E-state index is 5.53. The summed E-state index contributed by atoms with van der Waals surface area (Å²) in [5, 5.41) is 11.4. The lowest BCUT2D eigenvalue weighted by Gasteiger charge is -2.09. The van der Waals surface area contributed by atoms with Crippen LogP contribution in [0, 0.1) is 5.92 Å². The van der Waals surface area contributed by atoms with E-state index in [1.807, 2.05) is 0 Å². The van der Waals surface area contributed by atoms with Crippen LogP contribution in [-0.2, 0) is 17.6 Å². The highest BCUT2D eigenvalue weighted by atomic mass is 16.5. The largest absolute Gasteiger partial charge is 0.380 e. The van der Waals surface area contributed by atoms with Gasteiger partial charge in [-0.3, -0.25) is 0 Å². The van der Waals surface area contributed by atoms with E-state index in [9.17, 15) is 0 Å². The fourth-order valence-corrected chi connectivity index (χ4v) is 1.67. The van der Waals surface area contributed by atoms with E-state index in [4.69, 9.17) is 4.74 Å². The Labute approximate surface area is 116 Å². The first-order valence-electron chi connectivity index (χ1n) is 7.21. The maximum Gasteiger partial charge on any atom is 0.243 e. The normalized spacial score (nSPS) is 11.0. The lowest BCUT2D eigenvalue weighted by atomic mass is 10.1. The van der Waals surface area contributed by atoms with Crippen molar-refractivity contribution in [2.45, 2.75) is 47.0 Å². The SMILES string of the molecule is CCc1nnc(NCCOCCC(C)C)nc1CC. The van der Waals surface area contributed by atoms with Crippen molar-refractivity contribution < 1.29 is 4.74 Å². The zero-order valence-electron chi connectivity index (χ0n) is 12.6. The van der Waals surface area contributed by atoms with E-state index >= 15 is 0 Å². The molecule has 0 spiro atoms. The summed E-state index contributed by atoms with van der Waals surface area (Å²) in [5.41, 5.74) is 2.02. The van der Waals surface area contributed by atoms with E-state index in [1.54, 1.807) is 0 Å². The monoisotopic (exact) mass is 266 g/mol. The minimum Gasteiger partial charge on any atom is -0.380 e. The molecule has 0 saturated heterocycles. The number of hydrogen-bond donors (Lipinski definition) is 1. The molecule has 5 heteroatoms. The minimum atomic E-state index is 0.599. The number of aryl methyl sites for hydroxylation is 2. The molecule has 0 radical (unpaired) electrons. The first kappa shape index (κ1) is 15.8. The van der Waals surface area contributed by atoms with Crippen LogP contribution in [0.25, 0.3) is 0 Å². The minimum absolute atomic E-state index is 0.599. The van der Waals surface area contributed by atoms with Crippen LogP contribution in [0.3, 0.4) is 0 Å². The lowest BCUT2D eigenvalue weighted by Crippen LogP contribution is -2.14. The van der Waals surface area contributed by atoms with Gasteiger partial charge in [0.15, 0.2) is 0 Å². The molecular formula is C14H26N4O. The molecule has 0 bridgehead atoms. The summed E-state index contributed by atoms with van der Waals surface area (Å²) in [5.74, 6) is 1.29. The Balaban J connectivity index is 2.29. The summed E-state index contributed by atoms with van der Waals surface area (Å²) in [6.07, 6.45) is 2.86. The Morgan fingerprint density at radius 2 is 1.79 bits per heavy atom. The average molecular weight is 266 g/mol. The predicted octanol–water partition coefficient (Wildman–Crippen LogP) is 2.47. The molecule has 0 saturated carbocycles. The van der Waals surface area contributed by atoms with Crippen LogP contribution in [0.15, 0.2) is 0 Å². The van der Waals surface area contributed by atoms with Gasteiger partial charge in [-0.1, -0.05) is 27.7 Å². The molecule has 0 aliphatic rings. The van der Waals surface area contributed by atoms with Crippen LogP contribution in [0.2, 0.25) is 0 Å². The summed E-state index contributed by atoms with van der Waals surface area (Å²) in [7, 11) is 0. The molecule has 5 nitrogen and oxygen atoms in total. The third kappa shape index (κ3) is 5.96. The Hall–Kier alpha value is -1.23. The third-order valence-electron chi connectivity index (χ3n) is 2.88. The Morgan fingerprint density at radius 3 is 2.42 bits per heavy atom. The summed E-state index contributed by atoms with van der Waals surface area (Å²) in [6, 6.07) is 0. The van der Waals surface area contributed by atoms with E-state index in [2.05, 4.69) is 48.2 Å². The molecule has 0 atom stereocenters. The van der Waals surface area contributed by atoms with Gasteiger partial charge in [0.05, 0.1) is 18.0 Å². The van der Waals surface area contributed by atoms with Crippen molar-refractivity contribution in [3.8, 4) is 0 Å². The number of ether oxygens (including phenoxy) is 1. The Morgan fingerprint density at radius 1 is 1.05 bits per heavy atom. The van der Waals surface area contributed by atoms with Gasteiger partial charge in [0.1, 0.15) is 0 Å². The molecule has 19 heavy (non-hydrogen) atoms. The summed E-state index contributed by atoms with van der Waals surface area (Å²) < 4.78 is 5.53. The van der Waals surface area contributed by atoms with Crippen molar-refractivity contribution in [3.63, 3.8) is 0 Å². The molecule has 0 aliphatic heterocycles. The van der Waals surface area contributed by atoms with Crippen molar-refractivity contribution in [3.05, 3.63) is 11.4 Å². The van der Waals surface area contributed by atoms with Gasteiger partial charge in [0.2, 0.25) is 5.95 Å². The topological polar surface area (TPSA) is 59.9 Å². The van der Waals surface area contributed by atoms with Crippen LogP contribution < -0.4 is 5.32 Å². The van der Waals surface area contributed by atoms with E-state index in [0.29, 0.717) is 25.0 Å². The van der Waals surface area contributed by atoms with Gasteiger partial charge in [-0.25, -0.2) is 4.98 Å². The van der Waals surface area contributed by atoms with Crippen molar-refractivity contribution in [2.24, 2.45) is 5.92 Å².